The van der Waals surface area contributed by atoms with Gasteiger partial charge in [-0.25, -0.2) is 19.7 Å². The van der Waals surface area contributed by atoms with E-state index in [1.807, 2.05) is 0 Å². The SMILES string of the molecule is COC(=O)C(C)Nc1ncnc2nc[nH]c12. The fraction of sp³-hybridized carbons (Fsp3) is 0.333. The highest BCUT2D eigenvalue weighted by Gasteiger charge is 2.15. The molecule has 2 rings (SSSR count). The summed E-state index contributed by atoms with van der Waals surface area (Å²) < 4.78 is 4.61. The molecule has 84 valence electrons. The molecule has 2 N–H and O–H groups in total. The predicted molar refractivity (Wildman–Crippen MR) is 56.8 cm³/mol. The summed E-state index contributed by atoms with van der Waals surface area (Å²) >= 11 is 0. The van der Waals surface area contributed by atoms with Crippen LogP contribution >= 0.6 is 0 Å². The Hall–Kier alpha value is -2.18. The van der Waals surface area contributed by atoms with Gasteiger partial charge in [-0.2, -0.15) is 0 Å². The summed E-state index contributed by atoms with van der Waals surface area (Å²) in [6.07, 6.45) is 2.91. The second-order valence-electron chi connectivity index (χ2n) is 3.21. The van der Waals surface area contributed by atoms with Crippen LogP contribution in [0.5, 0.6) is 0 Å². The van der Waals surface area contributed by atoms with E-state index in [1.165, 1.54) is 19.8 Å². The van der Waals surface area contributed by atoms with E-state index in [2.05, 4.69) is 30.0 Å². The van der Waals surface area contributed by atoms with E-state index in [-0.39, 0.29) is 5.97 Å². The van der Waals surface area contributed by atoms with E-state index in [0.717, 1.165) is 0 Å². The summed E-state index contributed by atoms with van der Waals surface area (Å²) in [5, 5.41) is 2.92. The van der Waals surface area contributed by atoms with E-state index in [4.69, 9.17) is 0 Å². The maximum Gasteiger partial charge on any atom is 0.328 e. The number of aromatic amines is 1. The maximum absolute atomic E-state index is 11.2. The summed E-state index contributed by atoms with van der Waals surface area (Å²) in [4.78, 5) is 26.1. The van der Waals surface area contributed by atoms with Crippen molar-refractivity contribution in [1.82, 2.24) is 19.9 Å². The zero-order valence-electron chi connectivity index (χ0n) is 8.89. The highest BCUT2D eigenvalue weighted by Crippen LogP contribution is 2.15. The van der Waals surface area contributed by atoms with Crippen LogP contribution in [0, 0.1) is 0 Å². The summed E-state index contributed by atoms with van der Waals surface area (Å²) in [6, 6.07) is -0.480. The number of methoxy groups -OCH3 is 1. The number of rotatable bonds is 3. The third-order valence-electron chi connectivity index (χ3n) is 2.13. The molecule has 7 heteroatoms. The summed E-state index contributed by atoms with van der Waals surface area (Å²) in [6.45, 7) is 1.69. The van der Waals surface area contributed by atoms with Crippen molar-refractivity contribution in [3.63, 3.8) is 0 Å². The van der Waals surface area contributed by atoms with Gasteiger partial charge < -0.3 is 15.0 Å². The molecular weight excluding hydrogens is 210 g/mol. The van der Waals surface area contributed by atoms with Gasteiger partial charge in [0.1, 0.15) is 17.9 Å². The third-order valence-corrected chi connectivity index (χ3v) is 2.13. The van der Waals surface area contributed by atoms with Gasteiger partial charge in [0, 0.05) is 0 Å². The van der Waals surface area contributed by atoms with Gasteiger partial charge in [-0.1, -0.05) is 0 Å². The molecule has 2 aromatic rings. The molecule has 0 amide bonds. The van der Waals surface area contributed by atoms with Gasteiger partial charge in [0.05, 0.1) is 13.4 Å². The Labute approximate surface area is 91.3 Å². The second kappa shape index (κ2) is 4.13. The molecule has 1 atom stereocenters. The number of nitrogens with one attached hydrogen (secondary N) is 2. The molecule has 0 saturated carbocycles. The average Bonchev–Trinajstić information content (AvgIpc) is 2.77. The van der Waals surface area contributed by atoms with Crippen LogP contribution in [0.1, 0.15) is 6.92 Å². The Kier molecular flexibility index (Phi) is 2.67. The number of hydrogen-bond donors (Lipinski definition) is 2. The third kappa shape index (κ3) is 1.79. The number of carbonyl (C=O) groups is 1. The fourth-order valence-electron chi connectivity index (χ4n) is 1.32. The molecule has 0 fully saturated rings. The van der Waals surface area contributed by atoms with Crippen molar-refractivity contribution in [1.29, 1.82) is 0 Å². The first kappa shape index (κ1) is 10.3. The molecule has 0 spiro atoms. The lowest BCUT2D eigenvalue weighted by Crippen LogP contribution is -2.27. The first-order chi connectivity index (χ1) is 7.72. The number of hydrogen-bond acceptors (Lipinski definition) is 6. The number of ether oxygens (including phenoxy) is 1. The normalized spacial score (nSPS) is 12.4. The molecule has 2 aromatic heterocycles. The van der Waals surface area contributed by atoms with E-state index in [1.54, 1.807) is 6.92 Å². The van der Waals surface area contributed by atoms with Gasteiger partial charge in [-0.05, 0) is 6.92 Å². The van der Waals surface area contributed by atoms with Crippen molar-refractivity contribution in [2.75, 3.05) is 12.4 Å². The number of H-pyrrole nitrogens is 1. The molecule has 0 aromatic carbocycles. The van der Waals surface area contributed by atoms with Crippen LogP contribution in [0.25, 0.3) is 11.2 Å². The monoisotopic (exact) mass is 221 g/mol. The van der Waals surface area contributed by atoms with Gasteiger partial charge in [0.2, 0.25) is 0 Å². The van der Waals surface area contributed by atoms with E-state index in [9.17, 15) is 4.79 Å². The van der Waals surface area contributed by atoms with E-state index < -0.39 is 6.04 Å². The number of anilines is 1. The van der Waals surface area contributed by atoms with Crippen molar-refractivity contribution >= 4 is 23.0 Å². The first-order valence-corrected chi connectivity index (χ1v) is 4.71. The lowest BCUT2D eigenvalue weighted by Gasteiger charge is -2.11. The Morgan fingerprint density at radius 3 is 3.06 bits per heavy atom. The van der Waals surface area contributed by atoms with Crippen LogP contribution in [0.15, 0.2) is 12.7 Å². The predicted octanol–water partition coefficient (Wildman–Crippen LogP) is 0.326. The quantitative estimate of drug-likeness (QED) is 0.725. The molecule has 0 aliphatic heterocycles. The first-order valence-electron chi connectivity index (χ1n) is 4.71. The maximum atomic E-state index is 11.2. The van der Waals surface area contributed by atoms with Gasteiger partial charge >= 0.3 is 5.97 Å². The summed E-state index contributed by atoms with van der Waals surface area (Å²) in [7, 11) is 1.34. The van der Waals surface area contributed by atoms with Crippen LogP contribution in [0.3, 0.4) is 0 Å². The number of aromatic nitrogens is 4. The van der Waals surface area contributed by atoms with Crippen LogP contribution in [-0.2, 0) is 9.53 Å². The van der Waals surface area contributed by atoms with Crippen molar-refractivity contribution in [3.05, 3.63) is 12.7 Å². The van der Waals surface area contributed by atoms with Crippen molar-refractivity contribution in [2.24, 2.45) is 0 Å². The van der Waals surface area contributed by atoms with Gasteiger partial charge in [-0.15, -0.1) is 0 Å². The molecule has 0 bridgehead atoms. The highest BCUT2D eigenvalue weighted by molar-refractivity contribution is 5.85. The van der Waals surface area contributed by atoms with Crippen molar-refractivity contribution in [3.8, 4) is 0 Å². The van der Waals surface area contributed by atoms with E-state index in [0.29, 0.717) is 17.0 Å². The highest BCUT2D eigenvalue weighted by atomic mass is 16.5. The van der Waals surface area contributed by atoms with Crippen molar-refractivity contribution < 1.29 is 9.53 Å². The minimum absolute atomic E-state index is 0.355. The summed E-state index contributed by atoms with van der Waals surface area (Å²) in [5.41, 5.74) is 1.22. The van der Waals surface area contributed by atoms with Crippen LogP contribution < -0.4 is 5.32 Å². The Bertz CT molecular complexity index is 509. The van der Waals surface area contributed by atoms with Crippen molar-refractivity contribution in [2.45, 2.75) is 13.0 Å². The average molecular weight is 221 g/mol. The Morgan fingerprint density at radius 2 is 2.31 bits per heavy atom. The van der Waals surface area contributed by atoms with E-state index >= 15 is 0 Å². The summed E-state index contributed by atoms with van der Waals surface area (Å²) in [5.74, 6) is 0.173. The molecule has 2 heterocycles. The minimum Gasteiger partial charge on any atom is -0.467 e. The number of fused-ring (bicyclic) bond motifs is 1. The Morgan fingerprint density at radius 1 is 1.50 bits per heavy atom. The Balaban J connectivity index is 2.27. The molecule has 0 aliphatic carbocycles. The topological polar surface area (TPSA) is 92.8 Å². The molecular formula is C9H11N5O2. The number of imidazole rings is 1. The zero-order valence-corrected chi connectivity index (χ0v) is 8.89. The lowest BCUT2D eigenvalue weighted by atomic mass is 10.3. The second-order valence-corrected chi connectivity index (χ2v) is 3.21. The largest absolute Gasteiger partial charge is 0.467 e. The molecule has 0 aliphatic rings. The number of nitrogens with zero attached hydrogens (tertiary/aromatic N) is 3. The number of esters is 1. The smallest absolute Gasteiger partial charge is 0.328 e. The van der Waals surface area contributed by atoms with Gasteiger partial charge in [0.25, 0.3) is 0 Å². The number of carbonyl (C=O) groups excluding carboxylic acids is 1. The molecule has 7 nitrogen and oxygen atoms in total. The van der Waals surface area contributed by atoms with Gasteiger partial charge in [-0.3, -0.25) is 0 Å². The van der Waals surface area contributed by atoms with Crippen LogP contribution in [0.4, 0.5) is 5.82 Å². The van der Waals surface area contributed by atoms with Gasteiger partial charge in [0.15, 0.2) is 11.5 Å². The molecule has 0 radical (unpaired) electrons. The molecule has 1 unspecified atom stereocenters. The fourth-order valence-corrected chi connectivity index (χ4v) is 1.32. The molecule has 0 saturated heterocycles. The van der Waals surface area contributed by atoms with Crippen LogP contribution in [-0.4, -0.2) is 39.1 Å². The minimum atomic E-state index is -0.480. The standard InChI is InChI=1S/C9H11N5O2/c1-5(9(15)16-2)14-8-6-7(11-3-10-6)12-4-13-8/h3-5H,1-2H3,(H2,10,11,12,13,14). The zero-order chi connectivity index (χ0) is 11.5. The van der Waals surface area contributed by atoms with Crippen LogP contribution in [0.2, 0.25) is 0 Å². The lowest BCUT2D eigenvalue weighted by molar-refractivity contribution is -0.141. The molecule has 16 heavy (non-hydrogen) atoms.